The van der Waals surface area contributed by atoms with Crippen LogP contribution >= 0.6 is 0 Å². The molecule has 17 heavy (non-hydrogen) atoms. The summed E-state index contributed by atoms with van der Waals surface area (Å²) < 4.78 is 6.03. The minimum absolute atomic E-state index is 0.0705. The van der Waals surface area contributed by atoms with Crippen molar-refractivity contribution in [1.82, 2.24) is 0 Å². The highest BCUT2D eigenvalue weighted by atomic mass is 16.5. The van der Waals surface area contributed by atoms with Crippen LogP contribution in [0.15, 0.2) is 54.6 Å². The lowest BCUT2D eigenvalue weighted by Gasteiger charge is -2.25. The zero-order valence-electron chi connectivity index (χ0n) is 9.26. The number of fused-ring (bicyclic) bond motifs is 2. The van der Waals surface area contributed by atoms with E-state index >= 15 is 0 Å². The minimum atomic E-state index is 0.0705. The Bertz CT molecular complexity index is 625. The molecule has 1 aliphatic heterocycles. The molecule has 1 unspecified atom stereocenters. The Morgan fingerprint density at radius 2 is 1.82 bits per heavy atom. The first-order valence-corrected chi connectivity index (χ1v) is 5.84. The second kappa shape index (κ2) is 3.17. The molecule has 1 heterocycles. The van der Waals surface area contributed by atoms with Gasteiger partial charge in [0.25, 0.3) is 0 Å². The lowest BCUT2D eigenvalue weighted by Crippen LogP contribution is -2.16. The molecular weight excluding hydrogens is 208 g/mol. The van der Waals surface area contributed by atoms with Crippen molar-refractivity contribution in [3.05, 3.63) is 72.2 Å². The summed E-state index contributed by atoms with van der Waals surface area (Å²) in [6, 6.07) is 14.7. The maximum Gasteiger partial charge on any atom is 0.209 e. The number of hydrogen-bond acceptors (Lipinski definition) is 1. The third kappa shape index (κ3) is 1.17. The monoisotopic (exact) mass is 219 g/mol. The summed E-state index contributed by atoms with van der Waals surface area (Å²) in [6.45, 7) is 0. The van der Waals surface area contributed by atoms with Gasteiger partial charge in [0, 0.05) is 35.8 Å². The number of ether oxygens (including phenoxy) is 1. The van der Waals surface area contributed by atoms with Crippen molar-refractivity contribution >= 4 is 0 Å². The number of allylic oxidation sites excluding steroid dienone is 1. The van der Waals surface area contributed by atoms with Crippen molar-refractivity contribution in [2.24, 2.45) is 0 Å². The van der Waals surface area contributed by atoms with E-state index in [-0.39, 0.29) is 6.10 Å². The molecule has 2 aliphatic rings. The normalized spacial score (nSPS) is 18.7. The molecule has 0 spiro atoms. The summed E-state index contributed by atoms with van der Waals surface area (Å²) in [5.74, 6) is 0.980. The summed E-state index contributed by atoms with van der Waals surface area (Å²) in [5, 5.41) is 0. The van der Waals surface area contributed by atoms with Crippen LogP contribution in [0.2, 0.25) is 0 Å². The molecule has 0 fully saturated rings. The summed E-state index contributed by atoms with van der Waals surface area (Å²) in [5.41, 5.74) is 5.07. The maximum absolute atomic E-state index is 6.03. The van der Waals surface area contributed by atoms with E-state index in [0.717, 1.165) is 5.75 Å². The number of rotatable bonds is 0. The second-order valence-corrected chi connectivity index (χ2v) is 4.39. The molecule has 0 saturated heterocycles. The van der Waals surface area contributed by atoms with Crippen LogP contribution in [-0.2, 0) is 0 Å². The number of hydrogen-bond donors (Lipinski definition) is 0. The molecule has 0 N–H and O–H groups in total. The maximum atomic E-state index is 6.03. The Morgan fingerprint density at radius 1 is 0.941 bits per heavy atom. The van der Waals surface area contributed by atoms with Crippen LogP contribution in [0.4, 0.5) is 0 Å². The predicted molar refractivity (Wildman–Crippen MR) is 67.8 cm³/mol. The van der Waals surface area contributed by atoms with Crippen LogP contribution in [0.1, 0.15) is 17.2 Å². The van der Waals surface area contributed by atoms with E-state index in [1.807, 2.05) is 12.1 Å². The number of benzene rings is 2. The zero-order chi connectivity index (χ0) is 11.2. The fourth-order valence-corrected chi connectivity index (χ4v) is 2.66. The van der Waals surface area contributed by atoms with Gasteiger partial charge in [-0.25, -0.2) is 0 Å². The molecule has 2 aromatic rings. The van der Waals surface area contributed by atoms with Gasteiger partial charge in [-0.2, -0.15) is 0 Å². The highest BCUT2D eigenvalue weighted by molar-refractivity contribution is 5.78. The van der Waals surface area contributed by atoms with Crippen LogP contribution in [-0.4, -0.2) is 0 Å². The largest absolute Gasteiger partial charge is 0.463 e. The van der Waals surface area contributed by atoms with Gasteiger partial charge in [0.05, 0.1) is 5.56 Å². The molecular formula is C16H11O+. The van der Waals surface area contributed by atoms with Gasteiger partial charge < -0.3 is 4.74 Å². The lowest BCUT2D eigenvalue weighted by molar-refractivity contribution is 0.249. The number of para-hydroxylation sites is 1. The Hall–Kier alpha value is -2.15. The minimum Gasteiger partial charge on any atom is -0.463 e. The van der Waals surface area contributed by atoms with Gasteiger partial charge in [-0.05, 0) is 24.3 Å². The van der Waals surface area contributed by atoms with E-state index < -0.39 is 0 Å². The fourth-order valence-electron chi connectivity index (χ4n) is 2.66. The fraction of sp³-hybridized carbons (Fsp3) is 0.0625. The van der Waals surface area contributed by atoms with Gasteiger partial charge in [0.1, 0.15) is 11.3 Å². The van der Waals surface area contributed by atoms with Crippen molar-refractivity contribution in [2.45, 2.75) is 6.10 Å². The van der Waals surface area contributed by atoms with Crippen LogP contribution in [0, 0.1) is 6.42 Å². The smallest absolute Gasteiger partial charge is 0.209 e. The standard InChI is InChI=1S/C16H11O/c1-2-9-14-12(7-1)13-8-3-5-11-6-4-10-15(17-14)16(11)13/h1-10,15H/q+1. The van der Waals surface area contributed by atoms with Crippen molar-refractivity contribution in [2.75, 3.05) is 0 Å². The predicted octanol–water partition coefficient (Wildman–Crippen LogP) is 3.91. The molecule has 0 saturated carbocycles. The molecule has 1 aliphatic carbocycles. The summed E-state index contributed by atoms with van der Waals surface area (Å²) in [4.78, 5) is 0. The lowest BCUT2D eigenvalue weighted by atomic mass is 9.85. The molecule has 0 bridgehead atoms. The third-order valence-electron chi connectivity index (χ3n) is 3.42. The van der Waals surface area contributed by atoms with E-state index in [1.54, 1.807) is 0 Å². The van der Waals surface area contributed by atoms with E-state index in [4.69, 9.17) is 4.74 Å². The molecule has 1 heteroatoms. The Balaban J connectivity index is 2.07. The van der Waals surface area contributed by atoms with Gasteiger partial charge in [0.2, 0.25) is 6.10 Å². The first-order chi connectivity index (χ1) is 8.43. The Kier molecular flexibility index (Phi) is 1.67. The van der Waals surface area contributed by atoms with Crippen LogP contribution in [0.5, 0.6) is 5.75 Å². The van der Waals surface area contributed by atoms with Crippen molar-refractivity contribution < 1.29 is 4.74 Å². The van der Waals surface area contributed by atoms with Crippen molar-refractivity contribution in [3.8, 4) is 16.9 Å². The van der Waals surface area contributed by atoms with Crippen LogP contribution in [0.3, 0.4) is 0 Å². The highest BCUT2D eigenvalue weighted by Gasteiger charge is 2.33. The van der Waals surface area contributed by atoms with Gasteiger partial charge in [-0.1, -0.05) is 12.1 Å². The molecule has 80 valence electrons. The Morgan fingerprint density at radius 3 is 2.82 bits per heavy atom. The molecule has 2 aromatic carbocycles. The summed E-state index contributed by atoms with van der Waals surface area (Å²) >= 11 is 0. The van der Waals surface area contributed by atoms with E-state index in [1.165, 1.54) is 22.3 Å². The molecule has 0 radical (unpaired) electrons. The van der Waals surface area contributed by atoms with Gasteiger partial charge in [0.15, 0.2) is 0 Å². The molecule has 0 aromatic heterocycles. The Labute approximate surface area is 100 Å². The molecule has 1 nitrogen and oxygen atoms in total. The van der Waals surface area contributed by atoms with Crippen LogP contribution in [0.25, 0.3) is 11.1 Å². The van der Waals surface area contributed by atoms with Gasteiger partial charge >= 0.3 is 0 Å². The average Bonchev–Trinajstić information content (AvgIpc) is 2.39. The topological polar surface area (TPSA) is 9.23 Å². The molecule has 0 amide bonds. The van der Waals surface area contributed by atoms with Gasteiger partial charge in [-0.3, -0.25) is 0 Å². The average molecular weight is 219 g/mol. The third-order valence-corrected chi connectivity index (χ3v) is 3.42. The summed E-state index contributed by atoms with van der Waals surface area (Å²) in [6.07, 6.45) is 6.40. The molecule has 4 rings (SSSR count). The zero-order valence-corrected chi connectivity index (χ0v) is 9.26. The van der Waals surface area contributed by atoms with E-state index in [0.29, 0.717) is 0 Å². The van der Waals surface area contributed by atoms with E-state index in [9.17, 15) is 0 Å². The quantitative estimate of drug-likeness (QED) is 0.610. The highest BCUT2D eigenvalue weighted by Crippen LogP contribution is 2.45. The van der Waals surface area contributed by atoms with E-state index in [2.05, 4.69) is 48.9 Å². The van der Waals surface area contributed by atoms with Crippen molar-refractivity contribution in [3.63, 3.8) is 0 Å². The first kappa shape index (κ1) is 8.94. The van der Waals surface area contributed by atoms with Crippen LogP contribution < -0.4 is 4.74 Å². The first-order valence-electron chi connectivity index (χ1n) is 5.84. The summed E-state index contributed by atoms with van der Waals surface area (Å²) in [7, 11) is 0. The van der Waals surface area contributed by atoms with Crippen molar-refractivity contribution in [1.29, 1.82) is 0 Å². The molecule has 1 atom stereocenters. The SMILES string of the molecule is C1=CC2Oc3ccccc3-c3cccc(c32)[CH+]1. The second-order valence-electron chi connectivity index (χ2n) is 4.39. The van der Waals surface area contributed by atoms with Gasteiger partial charge in [-0.15, -0.1) is 0 Å².